The zero-order chi connectivity index (χ0) is 19.7. The molecule has 1 aliphatic carbocycles. The molecule has 1 heterocycles. The van der Waals surface area contributed by atoms with Crippen LogP contribution in [0.4, 0.5) is 4.79 Å². The van der Waals surface area contributed by atoms with Crippen molar-refractivity contribution in [2.75, 3.05) is 33.9 Å². The first-order valence-corrected chi connectivity index (χ1v) is 8.96. The van der Waals surface area contributed by atoms with Gasteiger partial charge in [0.15, 0.2) is 0 Å². The fourth-order valence-corrected chi connectivity index (χ4v) is 3.33. The summed E-state index contributed by atoms with van der Waals surface area (Å²) in [4.78, 5) is 39.6. The Hall–Kier alpha value is -1.83. The predicted molar refractivity (Wildman–Crippen MR) is 93.5 cm³/mol. The van der Waals surface area contributed by atoms with Crippen LogP contribution in [0.2, 0.25) is 0 Å². The molecule has 0 aromatic heterocycles. The Morgan fingerprint density at radius 2 is 1.85 bits per heavy atom. The Morgan fingerprint density at radius 3 is 2.38 bits per heavy atom. The van der Waals surface area contributed by atoms with Crippen molar-refractivity contribution >= 4 is 18.0 Å². The summed E-state index contributed by atoms with van der Waals surface area (Å²) in [5.74, 6) is -0.545. The van der Waals surface area contributed by atoms with E-state index in [0.29, 0.717) is 13.0 Å². The SMILES string of the molecule is CCOC(=O)[C@@H]1C[C@@]2(COCC(=O)N(C)C)C[C@H]2N1C(=O)OC(C)(C)C. The molecule has 2 fully saturated rings. The first-order valence-electron chi connectivity index (χ1n) is 8.96. The number of hydrogen-bond acceptors (Lipinski definition) is 6. The summed E-state index contributed by atoms with van der Waals surface area (Å²) in [6, 6.07) is -0.794. The minimum Gasteiger partial charge on any atom is -0.464 e. The van der Waals surface area contributed by atoms with Crippen LogP contribution in [0.15, 0.2) is 0 Å². The van der Waals surface area contributed by atoms with E-state index in [9.17, 15) is 14.4 Å². The molecule has 0 N–H and O–H groups in total. The standard InChI is InChI=1S/C18H30N2O6/c1-7-25-15(22)12-8-18(11-24-10-14(21)19(5)6)9-13(18)20(12)16(23)26-17(2,3)4/h12-13H,7-11H2,1-6H3/t12-,13+,18-/m0/s1. The Kier molecular flexibility index (Phi) is 5.85. The molecule has 0 spiro atoms. The minimum atomic E-state index is -0.670. The normalized spacial score (nSPS) is 26.9. The fraction of sp³-hybridized carbons (Fsp3) is 0.833. The molecule has 2 rings (SSSR count). The molecule has 0 bridgehead atoms. The third-order valence-electron chi connectivity index (χ3n) is 4.69. The number of rotatable bonds is 6. The summed E-state index contributed by atoms with van der Waals surface area (Å²) in [6.45, 7) is 7.66. The molecular formula is C18H30N2O6. The molecule has 8 nitrogen and oxygen atoms in total. The van der Waals surface area contributed by atoms with Crippen molar-refractivity contribution < 1.29 is 28.6 Å². The lowest BCUT2D eigenvalue weighted by molar-refractivity contribution is -0.149. The number of likely N-dealkylation sites (N-methyl/N-ethyl adjacent to an activating group) is 1. The summed E-state index contributed by atoms with van der Waals surface area (Å²) in [5, 5.41) is 0. The van der Waals surface area contributed by atoms with E-state index in [2.05, 4.69) is 0 Å². The fourth-order valence-electron chi connectivity index (χ4n) is 3.33. The Balaban J connectivity index is 2.05. The van der Waals surface area contributed by atoms with Gasteiger partial charge in [0, 0.05) is 25.6 Å². The molecule has 0 aromatic rings. The number of fused-ring (bicyclic) bond motifs is 1. The molecule has 0 unspecified atom stereocenters. The maximum absolute atomic E-state index is 12.6. The van der Waals surface area contributed by atoms with Gasteiger partial charge < -0.3 is 19.1 Å². The number of ether oxygens (including phenoxy) is 3. The van der Waals surface area contributed by atoms with Crippen LogP contribution in [0.5, 0.6) is 0 Å². The predicted octanol–water partition coefficient (Wildman–Crippen LogP) is 1.42. The smallest absolute Gasteiger partial charge is 0.411 e. The average molecular weight is 370 g/mol. The monoisotopic (exact) mass is 370 g/mol. The maximum atomic E-state index is 12.6. The second-order valence-electron chi connectivity index (χ2n) is 8.22. The van der Waals surface area contributed by atoms with Crippen LogP contribution in [0.1, 0.15) is 40.5 Å². The number of carbonyl (C=O) groups excluding carboxylic acids is 3. The zero-order valence-electron chi connectivity index (χ0n) is 16.5. The van der Waals surface area contributed by atoms with Crippen LogP contribution in [0, 0.1) is 5.41 Å². The van der Waals surface area contributed by atoms with Gasteiger partial charge >= 0.3 is 12.1 Å². The van der Waals surface area contributed by atoms with Crippen molar-refractivity contribution in [2.45, 2.75) is 58.2 Å². The number of nitrogens with zero attached hydrogens (tertiary/aromatic N) is 2. The van der Waals surface area contributed by atoms with E-state index in [-0.39, 0.29) is 30.6 Å². The molecule has 0 radical (unpaired) electrons. The third-order valence-corrected chi connectivity index (χ3v) is 4.69. The van der Waals surface area contributed by atoms with E-state index in [4.69, 9.17) is 14.2 Å². The van der Waals surface area contributed by atoms with Crippen LogP contribution in [-0.2, 0) is 23.8 Å². The van der Waals surface area contributed by atoms with Crippen LogP contribution in [0.3, 0.4) is 0 Å². The van der Waals surface area contributed by atoms with E-state index >= 15 is 0 Å². The molecule has 3 atom stereocenters. The lowest BCUT2D eigenvalue weighted by atomic mass is 10.0. The maximum Gasteiger partial charge on any atom is 0.411 e. The number of hydrogen-bond donors (Lipinski definition) is 0. The number of likely N-dealkylation sites (tertiary alicyclic amines) is 1. The van der Waals surface area contributed by atoms with E-state index in [1.54, 1.807) is 41.8 Å². The average Bonchev–Trinajstić information content (AvgIpc) is 3.09. The molecule has 2 amide bonds. The van der Waals surface area contributed by atoms with Crippen molar-refractivity contribution in [3.8, 4) is 0 Å². The van der Waals surface area contributed by atoms with E-state index < -0.39 is 23.7 Å². The van der Waals surface area contributed by atoms with Gasteiger partial charge in [0.25, 0.3) is 0 Å². The zero-order valence-corrected chi connectivity index (χ0v) is 16.5. The van der Waals surface area contributed by atoms with Gasteiger partial charge in [-0.25, -0.2) is 9.59 Å². The first-order chi connectivity index (χ1) is 12.0. The number of carbonyl (C=O) groups is 3. The second kappa shape index (κ2) is 7.42. The molecule has 1 aliphatic heterocycles. The molecule has 2 aliphatic rings. The van der Waals surface area contributed by atoms with Crippen LogP contribution in [0.25, 0.3) is 0 Å². The molecule has 0 aromatic carbocycles. The van der Waals surface area contributed by atoms with E-state index in [1.807, 2.05) is 0 Å². The first kappa shape index (κ1) is 20.5. The summed E-state index contributed by atoms with van der Waals surface area (Å²) in [6.07, 6.45) is 0.689. The van der Waals surface area contributed by atoms with Gasteiger partial charge in [-0.15, -0.1) is 0 Å². The minimum absolute atomic E-state index is 0.0159. The van der Waals surface area contributed by atoms with Gasteiger partial charge in [0.05, 0.1) is 13.2 Å². The van der Waals surface area contributed by atoms with Crippen molar-refractivity contribution in [3.63, 3.8) is 0 Å². The molecule has 1 saturated heterocycles. The Morgan fingerprint density at radius 1 is 1.19 bits per heavy atom. The molecule has 8 heteroatoms. The number of esters is 1. The molecule has 26 heavy (non-hydrogen) atoms. The summed E-state index contributed by atoms with van der Waals surface area (Å²) in [5.41, 5.74) is -0.952. The van der Waals surface area contributed by atoms with Gasteiger partial charge in [-0.1, -0.05) is 0 Å². The van der Waals surface area contributed by atoms with Gasteiger partial charge in [-0.05, 0) is 40.5 Å². The number of amides is 2. The van der Waals surface area contributed by atoms with Crippen molar-refractivity contribution in [1.29, 1.82) is 0 Å². The largest absolute Gasteiger partial charge is 0.464 e. The highest BCUT2D eigenvalue weighted by atomic mass is 16.6. The highest BCUT2D eigenvalue weighted by Gasteiger charge is 2.68. The van der Waals surface area contributed by atoms with Gasteiger partial charge in [-0.3, -0.25) is 9.69 Å². The van der Waals surface area contributed by atoms with Gasteiger partial charge in [-0.2, -0.15) is 0 Å². The van der Waals surface area contributed by atoms with Crippen molar-refractivity contribution in [2.24, 2.45) is 5.41 Å². The summed E-state index contributed by atoms with van der Waals surface area (Å²) >= 11 is 0. The quantitative estimate of drug-likeness (QED) is 0.658. The summed E-state index contributed by atoms with van der Waals surface area (Å²) in [7, 11) is 3.33. The van der Waals surface area contributed by atoms with Crippen molar-refractivity contribution in [3.05, 3.63) is 0 Å². The Bertz CT molecular complexity index is 571. The molecular weight excluding hydrogens is 340 g/mol. The second-order valence-corrected chi connectivity index (χ2v) is 8.22. The lowest BCUT2D eigenvalue weighted by Gasteiger charge is -2.29. The van der Waals surface area contributed by atoms with Crippen LogP contribution in [-0.4, -0.2) is 79.4 Å². The molecule has 148 valence electrons. The summed E-state index contributed by atoms with van der Waals surface area (Å²) < 4.78 is 16.2. The number of piperidine rings is 1. The lowest BCUT2D eigenvalue weighted by Crippen LogP contribution is -2.46. The van der Waals surface area contributed by atoms with E-state index in [1.165, 1.54) is 9.80 Å². The molecule has 1 saturated carbocycles. The topological polar surface area (TPSA) is 85.4 Å². The van der Waals surface area contributed by atoms with E-state index in [0.717, 1.165) is 6.42 Å². The van der Waals surface area contributed by atoms with Crippen LogP contribution >= 0.6 is 0 Å². The highest BCUT2D eigenvalue weighted by Crippen LogP contribution is 2.60. The van der Waals surface area contributed by atoms with Gasteiger partial charge in [0.2, 0.25) is 5.91 Å². The van der Waals surface area contributed by atoms with Crippen LogP contribution < -0.4 is 0 Å². The Labute approximate surface area is 154 Å². The highest BCUT2D eigenvalue weighted by molar-refractivity contribution is 5.83. The van der Waals surface area contributed by atoms with Gasteiger partial charge in [0.1, 0.15) is 18.2 Å². The van der Waals surface area contributed by atoms with Crippen molar-refractivity contribution in [1.82, 2.24) is 9.80 Å². The third kappa shape index (κ3) is 4.47.